The van der Waals surface area contributed by atoms with Gasteiger partial charge in [-0.15, -0.1) is 0 Å². The lowest BCUT2D eigenvalue weighted by Crippen LogP contribution is -2.60. The molecule has 33 heavy (non-hydrogen) atoms. The van der Waals surface area contributed by atoms with Gasteiger partial charge in [-0.1, -0.05) is 56.3 Å². The number of rotatable bonds is 6. The maximum absolute atomic E-state index is 10.6. The van der Waals surface area contributed by atoms with Crippen molar-refractivity contribution in [3.8, 4) is 5.75 Å². The lowest BCUT2D eigenvalue weighted by Gasteiger charge is -2.39. The zero-order valence-corrected chi connectivity index (χ0v) is 18.9. The highest BCUT2D eigenvalue weighted by Gasteiger charge is 2.44. The van der Waals surface area contributed by atoms with Gasteiger partial charge in [0.15, 0.2) is 0 Å². The molecule has 3 rings (SSSR count). The summed E-state index contributed by atoms with van der Waals surface area (Å²) in [7, 11) is 0. The Labute approximate surface area is 193 Å². The van der Waals surface area contributed by atoms with E-state index in [2.05, 4.69) is 36.5 Å². The van der Waals surface area contributed by atoms with E-state index in [0.717, 1.165) is 5.56 Å². The molecule has 1 aliphatic heterocycles. The fourth-order valence-corrected chi connectivity index (χ4v) is 2.96. The highest BCUT2D eigenvalue weighted by molar-refractivity contribution is 5.81. The Bertz CT molecular complexity index is 872. The van der Waals surface area contributed by atoms with E-state index in [4.69, 9.17) is 14.6 Å². The Balaban J connectivity index is 0.000000238. The molecule has 180 valence electrons. The maximum atomic E-state index is 10.6. The molecule has 0 saturated carbocycles. The third-order valence-electron chi connectivity index (χ3n) is 4.88. The Morgan fingerprint density at radius 3 is 2.24 bits per heavy atom. The summed E-state index contributed by atoms with van der Waals surface area (Å²) in [6.45, 7) is 5.26. The highest BCUT2D eigenvalue weighted by atomic mass is 16.7. The van der Waals surface area contributed by atoms with E-state index in [1.54, 1.807) is 36.5 Å². The Morgan fingerprint density at radius 1 is 1.06 bits per heavy atom. The van der Waals surface area contributed by atoms with E-state index in [-0.39, 0.29) is 5.91 Å². The molecule has 1 aliphatic rings. The molecule has 2 aromatic carbocycles. The molecule has 0 aromatic heterocycles. The average molecular weight is 461 g/mol. The molecule has 3 unspecified atom stereocenters. The van der Waals surface area contributed by atoms with Crippen molar-refractivity contribution in [3.05, 3.63) is 65.7 Å². The molecule has 5 atom stereocenters. The molecule has 0 aliphatic carbocycles. The Morgan fingerprint density at radius 2 is 1.70 bits per heavy atom. The topological polar surface area (TPSA) is 141 Å². The van der Waals surface area contributed by atoms with Gasteiger partial charge in [0.2, 0.25) is 12.2 Å². The van der Waals surface area contributed by atoms with Gasteiger partial charge in [-0.05, 0) is 29.2 Å². The first-order valence-corrected chi connectivity index (χ1v) is 10.6. The first kappa shape index (κ1) is 26.4. The van der Waals surface area contributed by atoms with E-state index >= 15 is 0 Å². The van der Waals surface area contributed by atoms with Gasteiger partial charge in [-0.25, -0.2) is 5.43 Å². The van der Waals surface area contributed by atoms with E-state index in [1.807, 2.05) is 12.1 Å². The molecule has 0 radical (unpaired) electrons. The van der Waals surface area contributed by atoms with E-state index in [9.17, 15) is 20.1 Å². The van der Waals surface area contributed by atoms with Crippen LogP contribution in [0.3, 0.4) is 0 Å². The van der Waals surface area contributed by atoms with Crippen LogP contribution >= 0.6 is 0 Å². The van der Waals surface area contributed by atoms with Crippen LogP contribution in [0.4, 0.5) is 0 Å². The maximum Gasteiger partial charge on any atom is 0.236 e. The fraction of sp³-hybridized carbons (Fsp3) is 0.417. The lowest BCUT2D eigenvalue weighted by atomic mass is 9.99. The summed E-state index contributed by atoms with van der Waals surface area (Å²) in [4.78, 5) is 10.6. The second kappa shape index (κ2) is 13.0. The number of carbonyl (C=O) groups is 1. The summed E-state index contributed by atoms with van der Waals surface area (Å²) >= 11 is 0. The number of carbonyl (C=O) groups excluding carboxylic acids is 1. The highest BCUT2D eigenvalue weighted by Crippen LogP contribution is 2.24. The van der Waals surface area contributed by atoms with Crippen molar-refractivity contribution in [2.75, 3.05) is 6.61 Å². The van der Waals surface area contributed by atoms with Crippen LogP contribution in [0.25, 0.3) is 0 Å². The third kappa shape index (κ3) is 8.23. The predicted molar refractivity (Wildman–Crippen MR) is 123 cm³/mol. The first-order valence-electron chi connectivity index (χ1n) is 10.6. The van der Waals surface area contributed by atoms with Crippen molar-refractivity contribution in [2.24, 2.45) is 5.10 Å². The summed E-state index contributed by atoms with van der Waals surface area (Å²) in [5.74, 6) is 0.832. The number of amides is 1. The third-order valence-corrected chi connectivity index (χ3v) is 4.88. The molecule has 9 nitrogen and oxygen atoms in total. The second-order valence-electron chi connectivity index (χ2n) is 7.88. The summed E-state index contributed by atoms with van der Waals surface area (Å²) in [6, 6.07) is 16.8. The van der Waals surface area contributed by atoms with E-state index in [0.29, 0.717) is 11.7 Å². The second-order valence-corrected chi connectivity index (χ2v) is 7.88. The molecular formula is C24H32N2O7. The molecule has 1 heterocycles. The monoisotopic (exact) mass is 460 g/mol. The van der Waals surface area contributed by atoms with Gasteiger partial charge >= 0.3 is 0 Å². The van der Waals surface area contributed by atoms with Gasteiger partial charge in [-0.3, -0.25) is 4.79 Å². The van der Waals surface area contributed by atoms with Crippen LogP contribution in [0.5, 0.6) is 5.75 Å². The summed E-state index contributed by atoms with van der Waals surface area (Å²) in [5.41, 5.74) is 4.64. The van der Waals surface area contributed by atoms with Gasteiger partial charge in [0.05, 0.1) is 12.8 Å². The minimum absolute atomic E-state index is 0.162. The van der Waals surface area contributed by atoms with Crippen molar-refractivity contribution in [3.63, 3.8) is 0 Å². The van der Waals surface area contributed by atoms with Crippen molar-refractivity contribution in [1.82, 2.24) is 5.43 Å². The van der Waals surface area contributed by atoms with Crippen LogP contribution in [0, 0.1) is 0 Å². The van der Waals surface area contributed by atoms with Crippen molar-refractivity contribution in [2.45, 2.75) is 57.4 Å². The van der Waals surface area contributed by atoms with Crippen LogP contribution in [-0.2, 0) is 9.53 Å². The largest absolute Gasteiger partial charge is 0.462 e. The number of ether oxygens (including phenoxy) is 2. The van der Waals surface area contributed by atoms with E-state index < -0.39 is 37.3 Å². The van der Waals surface area contributed by atoms with Gasteiger partial charge < -0.3 is 29.9 Å². The smallest absolute Gasteiger partial charge is 0.236 e. The summed E-state index contributed by atoms with van der Waals surface area (Å²) in [6.07, 6.45) is -4.65. The van der Waals surface area contributed by atoms with Crippen LogP contribution in [0.2, 0.25) is 0 Å². The van der Waals surface area contributed by atoms with E-state index in [1.165, 1.54) is 12.5 Å². The number of hydrogen-bond acceptors (Lipinski definition) is 8. The summed E-state index contributed by atoms with van der Waals surface area (Å²) < 4.78 is 10.6. The number of nitrogens with one attached hydrogen (secondary N) is 1. The number of hydrogen-bond donors (Lipinski definition) is 5. The standard InChI is InChI=1S/C12H16N2O.C12H16O6/c1-9(2)12-6-4-11(5-7-12)8-13-14-10(3)15;13-6-8-9(14)10(15)11(16)12(18-8)17-7-4-2-1-3-5-7/h4-9H,1-3H3,(H,14,15);1-5,8-16H,6H2/b13-8+;/t;8?,9-,10?,11?,12+/m.0/s1. The molecule has 1 fully saturated rings. The summed E-state index contributed by atoms with van der Waals surface area (Å²) in [5, 5.41) is 41.7. The molecule has 0 bridgehead atoms. The molecule has 1 amide bonds. The quantitative estimate of drug-likeness (QED) is 0.322. The van der Waals surface area contributed by atoms with Crippen molar-refractivity contribution >= 4 is 12.1 Å². The number of nitrogens with zero attached hydrogens (tertiary/aromatic N) is 1. The SMILES string of the molecule is CC(=O)N/N=C/c1ccc(C(C)C)cc1.OCC1O[C@@H](Oc2ccccc2)C(O)C(O)[C@H]1O. The van der Waals surface area contributed by atoms with Crippen LogP contribution < -0.4 is 10.2 Å². The first-order chi connectivity index (χ1) is 15.7. The number of hydrazone groups is 1. The van der Waals surface area contributed by atoms with Gasteiger partial charge in [0, 0.05) is 6.92 Å². The number of aliphatic hydroxyl groups excluding tert-OH is 4. The van der Waals surface area contributed by atoms with Crippen molar-refractivity contribution in [1.29, 1.82) is 0 Å². The molecule has 1 saturated heterocycles. The number of aliphatic hydroxyl groups is 4. The Hall–Kier alpha value is -2.82. The molecule has 0 spiro atoms. The van der Waals surface area contributed by atoms with Crippen LogP contribution in [0.1, 0.15) is 37.8 Å². The van der Waals surface area contributed by atoms with Gasteiger partial charge in [0.1, 0.15) is 30.2 Å². The lowest BCUT2D eigenvalue weighted by molar-refractivity contribution is -0.277. The molecule has 5 N–H and O–H groups in total. The zero-order valence-electron chi connectivity index (χ0n) is 18.9. The minimum Gasteiger partial charge on any atom is -0.462 e. The molecule has 2 aromatic rings. The molecular weight excluding hydrogens is 428 g/mol. The van der Waals surface area contributed by atoms with Gasteiger partial charge in [-0.2, -0.15) is 5.10 Å². The minimum atomic E-state index is -1.43. The van der Waals surface area contributed by atoms with Gasteiger partial charge in [0.25, 0.3) is 0 Å². The fourth-order valence-electron chi connectivity index (χ4n) is 2.96. The Kier molecular flexibility index (Phi) is 10.4. The average Bonchev–Trinajstić information content (AvgIpc) is 2.80. The predicted octanol–water partition coefficient (Wildman–Crippen LogP) is 1.15. The number of para-hydroxylation sites is 1. The van der Waals surface area contributed by atoms with Crippen LogP contribution in [-0.4, -0.2) is 69.9 Å². The normalized spacial score (nSPS) is 24.8. The number of benzene rings is 2. The van der Waals surface area contributed by atoms with Crippen molar-refractivity contribution < 1.29 is 34.7 Å². The molecule has 9 heteroatoms. The zero-order chi connectivity index (χ0) is 24.4. The van der Waals surface area contributed by atoms with Crippen LogP contribution in [0.15, 0.2) is 59.7 Å².